The molecule has 1 aliphatic heterocycles. The van der Waals surface area contributed by atoms with E-state index in [1.54, 1.807) is 48.5 Å². The van der Waals surface area contributed by atoms with E-state index in [0.717, 1.165) is 0 Å². The van der Waals surface area contributed by atoms with Gasteiger partial charge in [0, 0.05) is 11.6 Å². The number of amides is 1. The van der Waals surface area contributed by atoms with Crippen LogP contribution in [0.4, 0.5) is 0 Å². The number of halogens is 1. The van der Waals surface area contributed by atoms with E-state index < -0.39 is 27.5 Å². The van der Waals surface area contributed by atoms with Gasteiger partial charge in [0.25, 0.3) is 5.91 Å². The second kappa shape index (κ2) is 9.40. The zero-order valence-corrected chi connectivity index (χ0v) is 20.0. The van der Waals surface area contributed by atoms with Gasteiger partial charge in [-0.3, -0.25) is 4.79 Å². The fourth-order valence-corrected chi connectivity index (χ4v) is 5.67. The van der Waals surface area contributed by atoms with Gasteiger partial charge in [0.05, 0.1) is 25.2 Å². The van der Waals surface area contributed by atoms with E-state index >= 15 is 0 Å². The van der Waals surface area contributed by atoms with Gasteiger partial charge in [-0.05, 0) is 59.7 Å². The number of nitrogens with zero attached hydrogens (tertiary/aromatic N) is 1. The Balaban J connectivity index is 1.84. The first-order valence-corrected chi connectivity index (χ1v) is 12.1. The number of carbonyl (C=O) groups excluding carboxylic acids is 1. The molecule has 1 atom stereocenters. The van der Waals surface area contributed by atoms with Crippen molar-refractivity contribution in [3.05, 3.63) is 99.6 Å². The summed E-state index contributed by atoms with van der Waals surface area (Å²) in [6, 6.07) is 18.3. The predicted octanol–water partition coefficient (Wildman–Crippen LogP) is 4.68. The van der Waals surface area contributed by atoms with E-state index in [1.807, 2.05) is 0 Å². The summed E-state index contributed by atoms with van der Waals surface area (Å²) in [6.07, 6.45) is 0. The number of carbonyl (C=O) groups is 1. The first-order valence-electron chi connectivity index (χ1n) is 10.3. The van der Waals surface area contributed by atoms with Gasteiger partial charge < -0.3 is 19.5 Å². The lowest BCUT2D eigenvalue weighted by Gasteiger charge is -2.27. The average Bonchev–Trinajstić information content (AvgIpc) is 3.10. The third kappa shape index (κ3) is 4.34. The number of benzene rings is 3. The molecule has 34 heavy (non-hydrogen) atoms. The first kappa shape index (κ1) is 23.7. The van der Waals surface area contributed by atoms with Gasteiger partial charge in [-0.2, -0.15) is 0 Å². The Morgan fingerprint density at radius 1 is 0.941 bits per heavy atom. The van der Waals surface area contributed by atoms with Crippen molar-refractivity contribution in [2.24, 2.45) is 0 Å². The molecule has 0 saturated carbocycles. The lowest BCUT2D eigenvalue weighted by molar-refractivity contribution is -0.130. The molecule has 9 heteroatoms. The molecule has 7 nitrogen and oxygen atoms in total. The number of sulfone groups is 1. The fourth-order valence-electron chi connectivity index (χ4n) is 3.89. The molecule has 0 aliphatic carbocycles. The van der Waals surface area contributed by atoms with Crippen molar-refractivity contribution in [3.8, 4) is 11.5 Å². The lowest BCUT2D eigenvalue weighted by Crippen LogP contribution is -2.30. The predicted molar refractivity (Wildman–Crippen MR) is 128 cm³/mol. The third-order valence-electron chi connectivity index (χ3n) is 5.59. The summed E-state index contributed by atoms with van der Waals surface area (Å²) < 4.78 is 37.7. The van der Waals surface area contributed by atoms with Crippen molar-refractivity contribution in [1.82, 2.24) is 4.90 Å². The topological polar surface area (TPSA) is 93.1 Å². The van der Waals surface area contributed by atoms with Crippen LogP contribution in [-0.4, -0.2) is 38.6 Å². The van der Waals surface area contributed by atoms with Gasteiger partial charge in [0.1, 0.15) is 16.4 Å². The number of ether oxygens (including phenoxy) is 2. The van der Waals surface area contributed by atoms with E-state index in [-0.39, 0.29) is 16.3 Å². The summed E-state index contributed by atoms with van der Waals surface area (Å²) in [5.41, 5.74) is 1.22. The molecule has 0 saturated heterocycles. The summed E-state index contributed by atoms with van der Waals surface area (Å²) in [5, 5.41) is 11.2. The maximum atomic E-state index is 13.6. The lowest BCUT2D eigenvalue weighted by atomic mass is 10.1. The first-order chi connectivity index (χ1) is 16.3. The minimum absolute atomic E-state index is 0.0520. The van der Waals surface area contributed by atoms with E-state index in [0.29, 0.717) is 27.6 Å². The maximum absolute atomic E-state index is 13.6. The van der Waals surface area contributed by atoms with Gasteiger partial charge in [0.15, 0.2) is 5.76 Å². The van der Waals surface area contributed by atoms with Crippen LogP contribution in [0.5, 0.6) is 11.5 Å². The Labute approximate surface area is 202 Å². The van der Waals surface area contributed by atoms with Gasteiger partial charge in [-0.1, -0.05) is 35.9 Å². The third-order valence-corrected chi connectivity index (χ3v) is 7.73. The summed E-state index contributed by atoms with van der Waals surface area (Å²) in [7, 11) is -1.18. The normalized spacial score (nSPS) is 16.1. The minimum Gasteiger partial charge on any atom is -0.502 e. The molecule has 1 heterocycles. The summed E-state index contributed by atoms with van der Waals surface area (Å²) >= 11 is 5.92. The van der Waals surface area contributed by atoms with Crippen molar-refractivity contribution >= 4 is 27.3 Å². The molecule has 3 aromatic carbocycles. The second-order valence-corrected chi connectivity index (χ2v) is 9.99. The molecule has 0 spiro atoms. The molecule has 0 aromatic heterocycles. The SMILES string of the molecule is COc1ccc(C2C(S(=O)(=O)c3ccc(Cl)cc3)=C(O)C(=O)N2Cc2cccc(OC)c2)cc1. The van der Waals surface area contributed by atoms with Crippen LogP contribution in [0.3, 0.4) is 0 Å². The Hall–Kier alpha value is -3.49. The standard InChI is InChI=1S/C25H22ClNO6S/c1-32-19-10-6-17(7-11-19)22-24(34(30,31)21-12-8-18(26)9-13-21)23(28)25(29)27(22)15-16-4-3-5-20(14-16)33-2/h3-14,22,28H,15H2,1-2H3. The summed E-state index contributed by atoms with van der Waals surface area (Å²) in [4.78, 5) is 14.1. The van der Waals surface area contributed by atoms with Crippen LogP contribution in [-0.2, 0) is 21.2 Å². The molecular formula is C25H22ClNO6S. The average molecular weight is 500 g/mol. The number of rotatable bonds is 7. The highest BCUT2D eigenvalue weighted by molar-refractivity contribution is 7.95. The molecule has 1 aliphatic rings. The van der Waals surface area contributed by atoms with Crippen LogP contribution in [0.25, 0.3) is 0 Å². The van der Waals surface area contributed by atoms with Crippen molar-refractivity contribution in [1.29, 1.82) is 0 Å². The summed E-state index contributed by atoms with van der Waals surface area (Å²) in [6.45, 7) is 0.0520. The zero-order chi connectivity index (χ0) is 24.5. The van der Waals surface area contributed by atoms with Crippen LogP contribution in [0, 0.1) is 0 Å². The molecule has 0 bridgehead atoms. The van der Waals surface area contributed by atoms with Crippen LogP contribution in [0.1, 0.15) is 17.2 Å². The number of methoxy groups -OCH3 is 2. The van der Waals surface area contributed by atoms with Gasteiger partial charge in [-0.15, -0.1) is 0 Å². The highest BCUT2D eigenvalue weighted by atomic mass is 35.5. The summed E-state index contributed by atoms with van der Waals surface area (Å²) in [5.74, 6) is -0.422. The maximum Gasteiger partial charge on any atom is 0.290 e. The van der Waals surface area contributed by atoms with E-state index in [4.69, 9.17) is 21.1 Å². The highest BCUT2D eigenvalue weighted by Crippen LogP contribution is 2.43. The molecule has 1 amide bonds. The molecule has 1 N–H and O–H groups in total. The molecule has 4 rings (SSSR count). The van der Waals surface area contributed by atoms with Gasteiger partial charge in [-0.25, -0.2) is 8.42 Å². The van der Waals surface area contributed by atoms with E-state index in [1.165, 1.54) is 43.4 Å². The van der Waals surface area contributed by atoms with Crippen LogP contribution < -0.4 is 9.47 Å². The Morgan fingerprint density at radius 3 is 2.21 bits per heavy atom. The van der Waals surface area contributed by atoms with Crippen LogP contribution >= 0.6 is 11.6 Å². The zero-order valence-electron chi connectivity index (χ0n) is 18.4. The van der Waals surface area contributed by atoms with E-state index in [2.05, 4.69) is 0 Å². The molecule has 3 aromatic rings. The number of aliphatic hydroxyl groups is 1. The van der Waals surface area contributed by atoms with Crippen molar-refractivity contribution in [2.45, 2.75) is 17.5 Å². The Bertz CT molecular complexity index is 1350. The molecule has 0 radical (unpaired) electrons. The van der Waals surface area contributed by atoms with Gasteiger partial charge in [0.2, 0.25) is 9.84 Å². The molecule has 1 unspecified atom stereocenters. The second-order valence-electron chi connectivity index (χ2n) is 7.63. The smallest absolute Gasteiger partial charge is 0.290 e. The number of aliphatic hydroxyl groups excluding tert-OH is 1. The highest BCUT2D eigenvalue weighted by Gasteiger charge is 2.46. The molecule has 176 valence electrons. The minimum atomic E-state index is -4.24. The van der Waals surface area contributed by atoms with Crippen molar-refractivity contribution in [2.75, 3.05) is 14.2 Å². The van der Waals surface area contributed by atoms with Crippen molar-refractivity contribution in [3.63, 3.8) is 0 Å². The number of hydrogen-bond donors (Lipinski definition) is 1. The fraction of sp³-hybridized carbons (Fsp3) is 0.160. The largest absolute Gasteiger partial charge is 0.502 e. The van der Waals surface area contributed by atoms with Crippen molar-refractivity contribution < 1.29 is 27.8 Å². The van der Waals surface area contributed by atoms with E-state index in [9.17, 15) is 18.3 Å². The van der Waals surface area contributed by atoms with Gasteiger partial charge >= 0.3 is 0 Å². The Kier molecular flexibility index (Phi) is 6.54. The Morgan fingerprint density at radius 2 is 1.59 bits per heavy atom. The van der Waals surface area contributed by atoms with Crippen LogP contribution in [0.2, 0.25) is 5.02 Å². The molecule has 0 fully saturated rings. The molecular weight excluding hydrogens is 478 g/mol. The monoisotopic (exact) mass is 499 g/mol. The van der Waals surface area contributed by atoms with Crippen LogP contribution in [0.15, 0.2) is 88.4 Å². The quantitative estimate of drug-likeness (QED) is 0.507. The number of hydrogen-bond acceptors (Lipinski definition) is 6.